The lowest BCUT2D eigenvalue weighted by Crippen LogP contribution is -2.50. The molecule has 3 aromatic rings. The van der Waals surface area contributed by atoms with E-state index in [2.05, 4.69) is 32.4 Å². The van der Waals surface area contributed by atoms with E-state index >= 15 is 0 Å². The van der Waals surface area contributed by atoms with Crippen LogP contribution in [0.3, 0.4) is 0 Å². The highest BCUT2D eigenvalue weighted by Crippen LogP contribution is 2.38. The summed E-state index contributed by atoms with van der Waals surface area (Å²) in [6.45, 7) is 3.59. The number of hydrogen-bond donors (Lipinski definition) is 3. The lowest BCUT2D eigenvalue weighted by molar-refractivity contribution is 0.186. The number of amides is 1. The Balaban J connectivity index is 1.44. The summed E-state index contributed by atoms with van der Waals surface area (Å²) in [4.78, 5) is 22.4. The van der Waals surface area contributed by atoms with Gasteiger partial charge in [0.05, 0.1) is 35.4 Å². The van der Waals surface area contributed by atoms with Gasteiger partial charge in [0.15, 0.2) is 0 Å². The molecule has 2 aliphatic rings. The monoisotopic (exact) mass is 511 g/mol. The van der Waals surface area contributed by atoms with Crippen LogP contribution in [0.15, 0.2) is 36.5 Å². The van der Waals surface area contributed by atoms with Gasteiger partial charge in [-0.2, -0.15) is 0 Å². The standard InChI is InChI=1S/C27H28F3N5O2/c1-15-10-17(34-27(36)37)14-35(13-15)26-18-4-2-7-22(18)32-12-23(26)31-11-16-8-9-21(30)25(33-16)24-19(28)5-3-6-20(24)29/h3,5-6,8-9,12,15,17,31,34H,2,4,7,10-11,13-14H2,1H3,(H,36,37)/t15-,17+/m1/s1. The van der Waals surface area contributed by atoms with E-state index in [9.17, 15) is 23.1 Å². The van der Waals surface area contributed by atoms with E-state index < -0.39 is 29.1 Å². The van der Waals surface area contributed by atoms with Crippen molar-refractivity contribution in [2.45, 2.75) is 45.2 Å². The second kappa shape index (κ2) is 10.3. The number of anilines is 2. The molecule has 2 aromatic heterocycles. The lowest BCUT2D eigenvalue weighted by atomic mass is 9.94. The summed E-state index contributed by atoms with van der Waals surface area (Å²) in [5, 5.41) is 15.2. The van der Waals surface area contributed by atoms with Gasteiger partial charge in [-0.15, -0.1) is 0 Å². The van der Waals surface area contributed by atoms with Crippen molar-refractivity contribution in [2.24, 2.45) is 5.92 Å². The Labute approximate surface area is 212 Å². The number of nitrogens with one attached hydrogen (secondary N) is 2. The fourth-order valence-electron chi connectivity index (χ4n) is 5.46. The molecule has 37 heavy (non-hydrogen) atoms. The third-order valence-electron chi connectivity index (χ3n) is 6.95. The lowest BCUT2D eigenvalue weighted by Gasteiger charge is -2.39. The van der Waals surface area contributed by atoms with Gasteiger partial charge in [0.1, 0.15) is 23.1 Å². The molecule has 1 fully saturated rings. The molecule has 0 radical (unpaired) electrons. The molecule has 1 amide bonds. The van der Waals surface area contributed by atoms with Crippen LogP contribution in [0.1, 0.15) is 36.7 Å². The molecule has 1 aliphatic heterocycles. The summed E-state index contributed by atoms with van der Waals surface area (Å²) in [7, 11) is 0. The van der Waals surface area contributed by atoms with Crippen molar-refractivity contribution in [3.8, 4) is 11.3 Å². The second-order valence-corrected chi connectivity index (χ2v) is 9.77. The number of aryl methyl sites for hydroxylation is 1. The van der Waals surface area contributed by atoms with E-state index in [-0.39, 0.29) is 24.2 Å². The van der Waals surface area contributed by atoms with Crippen LogP contribution < -0.4 is 15.5 Å². The maximum absolute atomic E-state index is 14.5. The molecular weight excluding hydrogens is 483 g/mol. The van der Waals surface area contributed by atoms with Crippen LogP contribution in [-0.4, -0.2) is 40.3 Å². The molecule has 1 saturated heterocycles. The summed E-state index contributed by atoms with van der Waals surface area (Å²) < 4.78 is 43.1. The Morgan fingerprint density at radius 3 is 2.65 bits per heavy atom. The number of pyridine rings is 2. The molecule has 2 atom stereocenters. The Bertz CT molecular complexity index is 1320. The van der Waals surface area contributed by atoms with E-state index in [1.807, 2.05) is 0 Å². The van der Waals surface area contributed by atoms with E-state index in [0.717, 1.165) is 73.1 Å². The molecule has 194 valence electrons. The summed E-state index contributed by atoms with van der Waals surface area (Å²) in [5.41, 5.74) is 3.47. The Morgan fingerprint density at radius 1 is 1.11 bits per heavy atom. The Kier molecular flexibility index (Phi) is 6.90. The number of rotatable bonds is 6. The minimum Gasteiger partial charge on any atom is -0.465 e. The molecule has 1 aromatic carbocycles. The first-order valence-electron chi connectivity index (χ1n) is 12.4. The highest BCUT2D eigenvalue weighted by molar-refractivity contribution is 5.75. The summed E-state index contributed by atoms with van der Waals surface area (Å²) in [6.07, 6.45) is 4.24. The molecule has 1 aliphatic carbocycles. The fraction of sp³-hybridized carbons (Fsp3) is 0.370. The van der Waals surface area contributed by atoms with Gasteiger partial charge < -0.3 is 20.6 Å². The van der Waals surface area contributed by atoms with Crippen LogP contribution in [-0.2, 0) is 19.4 Å². The molecule has 3 heterocycles. The van der Waals surface area contributed by atoms with Crippen molar-refractivity contribution in [1.82, 2.24) is 15.3 Å². The van der Waals surface area contributed by atoms with Crippen LogP contribution in [0.2, 0.25) is 0 Å². The fourth-order valence-corrected chi connectivity index (χ4v) is 5.46. The van der Waals surface area contributed by atoms with Gasteiger partial charge in [-0.05, 0) is 61.4 Å². The van der Waals surface area contributed by atoms with E-state index in [4.69, 9.17) is 0 Å². The summed E-state index contributed by atoms with van der Waals surface area (Å²) in [5.74, 6) is -2.30. The Hall–Kier alpha value is -3.82. The molecule has 3 N–H and O–H groups in total. The predicted molar refractivity (Wildman–Crippen MR) is 134 cm³/mol. The van der Waals surface area contributed by atoms with Crippen molar-refractivity contribution >= 4 is 17.5 Å². The molecule has 0 bridgehead atoms. The van der Waals surface area contributed by atoms with E-state index in [0.29, 0.717) is 12.2 Å². The number of piperidine rings is 1. The first-order valence-corrected chi connectivity index (χ1v) is 12.4. The molecule has 10 heteroatoms. The minimum atomic E-state index is -1.04. The zero-order valence-electron chi connectivity index (χ0n) is 20.4. The molecular formula is C27H28F3N5O2. The van der Waals surface area contributed by atoms with Gasteiger partial charge in [0, 0.05) is 24.8 Å². The smallest absolute Gasteiger partial charge is 0.404 e. The van der Waals surface area contributed by atoms with Crippen molar-refractivity contribution < 1.29 is 23.1 Å². The van der Waals surface area contributed by atoms with Gasteiger partial charge in [-0.1, -0.05) is 13.0 Å². The van der Waals surface area contributed by atoms with Crippen molar-refractivity contribution in [3.05, 3.63) is 70.9 Å². The summed E-state index contributed by atoms with van der Waals surface area (Å²) >= 11 is 0. The van der Waals surface area contributed by atoms with Gasteiger partial charge >= 0.3 is 6.09 Å². The number of hydrogen-bond acceptors (Lipinski definition) is 5. The topological polar surface area (TPSA) is 90.4 Å². The third-order valence-corrected chi connectivity index (χ3v) is 6.95. The number of halogens is 3. The molecule has 0 unspecified atom stereocenters. The van der Waals surface area contributed by atoms with Gasteiger partial charge in [0.2, 0.25) is 0 Å². The van der Waals surface area contributed by atoms with Gasteiger partial charge in [-0.3, -0.25) is 4.98 Å². The number of fused-ring (bicyclic) bond motifs is 1. The average Bonchev–Trinajstić information content (AvgIpc) is 3.32. The third kappa shape index (κ3) is 5.19. The number of carboxylic acid groups (broad SMARTS) is 1. The van der Waals surface area contributed by atoms with Gasteiger partial charge in [0.25, 0.3) is 0 Å². The summed E-state index contributed by atoms with van der Waals surface area (Å²) in [6, 6.07) is 5.79. The van der Waals surface area contributed by atoms with Crippen molar-refractivity contribution in [1.29, 1.82) is 0 Å². The molecule has 5 rings (SSSR count). The van der Waals surface area contributed by atoms with Crippen molar-refractivity contribution in [2.75, 3.05) is 23.3 Å². The van der Waals surface area contributed by atoms with Crippen LogP contribution in [0.5, 0.6) is 0 Å². The molecule has 7 nitrogen and oxygen atoms in total. The SMILES string of the molecule is C[C@@H]1C[C@H](NC(=O)O)CN(c2c(NCc3ccc(F)c(-c4c(F)cccc4F)n3)cnc3c2CCC3)C1. The van der Waals surface area contributed by atoms with Crippen molar-refractivity contribution in [3.63, 3.8) is 0 Å². The number of aromatic nitrogens is 2. The number of benzene rings is 1. The van der Waals surface area contributed by atoms with Gasteiger partial charge in [-0.25, -0.2) is 22.9 Å². The largest absolute Gasteiger partial charge is 0.465 e. The minimum absolute atomic E-state index is 0.178. The number of nitrogens with zero attached hydrogens (tertiary/aromatic N) is 3. The van der Waals surface area contributed by atoms with Crippen LogP contribution >= 0.6 is 0 Å². The first kappa shape index (κ1) is 24.9. The first-order chi connectivity index (χ1) is 17.8. The zero-order chi connectivity index (χ0) is 26.1. The highest BCUT2D eigenvalue weighted by atomic mass is 19.1. The maximum atomic E-state index is 14.5. The average molecular weight is 512 g/mol. The molecule has 0 spiro atoms. The maximum Gasteiger partial charge on any atom is 0.404 e. The zero-order valence-corrected chi connectivity index (χ0v) is 20.4. The van der Waals surface area contributed by atoms with E-state index in [1.54, 1.807) is 6.20 Å². The van der Waals surface area contributed by atoms with Crippen LogP contribution in [0.4, 0.5) is 29.3 Å². The quantitative estimate of drug-likeness (QED) is 0.425. The van der Waals surface area contributed by atoms with Crippen LogP contribution in [0, 0.1) is 23.4 Å². The van der Waals surface area contributed by atoms with E-state index in [1.165, 1.54) is 12.1 Å². The second-order valence-electron chi connectivity index (χ2n) is 9.77. The Morgan fingerprint density at radius 2 is 1.89 bits per heavy atom. The van der Waals surface area contributed by atoms with Crippen LogP contribution in [0.25, 0.3) is 11.3 Å². The highest BCUT2D eigenvalue weighted by Gasteiger charge is 2.31. The normalized spacial score (nSPS) is 19.0. The molecule has 0 saturated carbocycles. The predicted octanol–water partition coefficient (Wildman–Crippen LogP) is 5.14. The number of carbonyl (C=O) groups is 1.